The first-order chi connectivity index (χ1) is 9.96. The molecular weight excluding hydrogens is 292 g/mol. The number of sulfonamides is 1. The Morgan fingerprint density at radius 1 is 1.29 bits per heavy atom. The van der Waals surface area contributed by atoms with Crippen molar-refractivity contribution in [1.82, 2.24) is 4.98 Å². The number of aliphatic hydroxyl groups excluding tert-OH is 1. The van der Waals surface area contributed by atoms with Crippen molar-refractivity contribution in [2.45, 2.75) is 18.4 Å². The van der Waals surface area contributed by atoms with Crippen molar-refractivity contribution in [2.24, 2.45) is 0 Å². The number of aliphatic hydroxyl groups is 1. The molecule has 0 aliphatic rings. The Bertz CT molecular complexity index is 744. The van der Waals surface area contributed by atoms with Crippen molar-refractivity contribution in [1.29, 1.82) is 0 Å². The normalized spacial score (nSPS) is 11.2. The lowest BCUT2D eigenvalue weighted by molar-refractivity contribution is 0.277. The van der Waals surface area contributed by atoms with Crippen molar-refractivity contribution in [2.75, 3.05) is 11.8 Å². The molecule has 1 aromatic heterocycles. The van der Waals surface area contributed by atoms with Crippen LogP contribution < -0.4 is 9.46 Å². The van der Waals surface area contributed by atoms with Crippen molar-refractivity contribution < 1.29 is 18.3 Å². The second-order valence-corrected chi connectivity index (χ2v) is 6.08. The van der Waals surface area contributed by atoms with Crippen molar-refractivity contribution in [3.63, 3.8) is 0 Å². The van der Waals surface area contributed by atoms with Crippen LogP contribution in [0.15, 0.2) is 41.3 Å². The largest absolute Gasteiger partial charge is 0.495 e. The highest BCUT2D eigenvalue weighted by Crippen LogP contribution is 2.26. The summed E-state index contributed by atoms with van der Waals surface area (Å²) < 4.78 is 32.3. The molecule has 21 heavy (non-hydrogen) atoms. The molecule has 1 aromatic carbocycles. The van der Waals surface area contributed by atoms with Gasteiger partial charge in [0.15, 0.2) is 0 Å². The molecule has 0 saturated carbocycles. The van der Waals surface area contributed by atoms with Gasteiger partial charge >= 0.3 is 0 Å². The molecule has 1 heterocycles. The lowest BCUT2D eigenvalue weighted by Gasteiger charge is -2.12. The van der Waals surface area contributed by atoms with E-state index in [1.165, 1.54) is 19.2 Å². The zero-order chi connectivity index (χ0) is 15.5. The maximum atomic E-state index is 12.4. The molecule has 0 bridgehead atoms. The van der Waals surface area contributed by atoms with Crippen molar-refractivity contribution >= 4 is 15.8 Å². The van der Waals surface area contributed by atoms with Gasteiger partial charge in [-0.1, -0.05) is 12.1 Å². The second-order valence-electron chi connectivity index (χ2n) is 4.43. The minimum atomic E-state index is -3.82. The topological polar surface area (TPSA) is 88.5 Å². The first kappa shape index (κ1) is 15.3. The van der Waals surface area contributed by atoms with Crippen LogP contribution in [0.3, 0.4) is 0 Å². The number of rotatable bonds is 5. The summed E-state index contributed by atoms with van der Waals surface area (Å²) in [4.78, 5) is 4.04. The fourth-order valence-corrected chi connectivity index (χ4v) is 3.07. The molecule has 0 atom stereocenters. The number of nitrogens with zero attached hydrogens (tertiary/aromatic N) is 1. The highest BCUT2D eigenvalue weighted by Gasteiger charge is 2.20. The van der Waals surface area contributed by atoms with Gasteiger partial charge in [-0.15, -0.1) is 0 Å². The van der Waals surface area contributed by atoms with Crippen LogP contribution in [-0.2, 0) is 16.6 Å². The number of aromatic nitrogens is 1. The minimum Gasteiger partial charge on any atom is -0.495 e. The van der Waals surface area contributed by atoms with E-state index in [0.29, 0.717) is 5.69 Å². The highest BCUT2D eigenvalue weighted by atomic mass is 32.2. The van der Waals surface area contributed by atoms with Gasteiger partial charge in [-0.2, -0.15) is 0 Å². The molecule has 0 fully saturated rings. The van der Waals surface area contributed by atoms with Gasteiger partial charge in [0, 0.05) is 0 Å². The molecular formula is C14H16N2O4S. The third-order valence-electron chi connectivity index (χ3n) is 2.82. The SMILES string of the molecule is COc1ccc(C)cc1S(=O)(=O)Nc1cccc(CO)n1. The molecule has 2 rings (SSSR count). The Labute approximate surface area is 123 Å². The van der Waals surface area contributed by atoms with E-state index in [1.807, 2.05) is 0 Å². The summed E-state index contributed by atoms with van der Waals surface area (Å²) in [6.45, 7) is 1.53. The van der Waals surface area contributed by atoms with Crippen LogP contribution in [0, 0.1) is 6.92 Å². The lowest BCUT2D eigenvalue weighted by atomic mass is 10.2. The Hall–Kier alpha value is -2.12. The van der Waals surface area contributed by atoms with Crippen molar-refractivity contribution in [3.05, 3.63) is 47.7 Å². The number of hydrogen-bond acceptors (Lipinski definition) is 5. The number of anilines is 1. The number of methoxy groups -OCH3 is 1. The molecule has 0 spiro atoms. The number of ether oxygens (including phenoxy) is 1. The van der Waals surface area contributed by atoms with Crippen LogP contribution in [0.4, 0.5) is 5.82 Å². The number of aryl methyl sites for hydroxylation is 1. The van der Waals surface area contributed by atoms with Crippen LogP contribution in [0.25, 0.3) is 0 Å². The van der Waals surface area contributed by atoms with E-state index in [0.717, 1.165) is 5.56 Å². The predicted octanol–water partition coefficient (Wildman–Crippen LogP) is 1.69. The molecule has 0 radical (unpaired) electrons. The third kappa shape index (κ3) is 3.50. The van der Waals surface area contributed by atoms with E-state index >= 15 is 0 Å². The summed E-state index contributed by atoms with van der Waals surface area (Å²) in [5.41, 5.74) is 1.18. The summed E-state index contributed by atoms with van der Waals surface area (Å²) in [7, 11) is -2.41. The smallest absolute Gasteiger partial charge is 0.266 e. The maximum Gasteiger partial charge on any atom is 0.266 e. The average molecular weight is 308 g/mol. The molecule has 0 amide bonds. The Kier molecular flexibility index (Phi) is 4.44. The number of nitrogens with one attached hydrogen (secondary N) is 1. The summed E-state index contributed by atoms with van der Waals surface area (Å²) in [5.74, 6) is 0.400. The van der Waals surface area contributed by atoms with Gasteiger partial charge in [0.1, 0.15) is 16.5 Å². The molecule has 7 heteroatoms. The van der Waals surface area contributed by atoms with Crippen molar-refractivity contribution in [3.8, 4) is 5.75 Å². The average Bonchev–Trinajstić information content (AvgIpc) is 2.47. The zero-order valence-corrected chi connectivity index (χ0v) is 12.5. The fourth-order valence-electron chi connectivity index (χ4n) is 1.81. The summed E-state index contributed by atoms with van der Waals surface area (Å²) in [6.07, 6.45) is 0. The second kappa shape index (κ2) is 6.11. The summed E-state index contributed by atoms with van der Waals surface area (Å²) in [5, 5.41) is 9.04. The Morgan fingerprint density at radius 3 is 2.71 bits per heavy atom. The van der Waals surface area contributed by atoms with Crippen LogP contribution in [-0.4, -0.2) is 25.6 Å². The van der Waals surface area contributed by atoms with Gasteiger partial charge in [-0.05, 0) is 36.8 Å². The van der Waals surface area contributed by atoms with E-state index in [-0.39, 0.29) is 23.1 Å². The Balaban J connectivity index is 2.40. The third-order valence-corrected chi connectivity index (χ3v) is 4.19. The molecule has 0 aliphatic heterocycles. The van der Waals surface area contributed by atoms with Gasteiger partial charge < -0.3 is 9.84 Å². The van der Waals surface area contributed by atoms with Gasteiger partial charge in [0.25, 0.3) is 10.0 Å². The molecule has 2 aromatic rings. The van der Waals surface area contributed by atoms with Gasteiger partial charge in [-0.3, -0.25) is 4.72 Å². The summed E-state index contributed by atoms with van der Waals surface area (Å²) in [6, 6.07) is 9.62. The van der Waals surface area contributed by atoms with Crippen LogP contribution in [0.2, 0.25) is 0 Å². The van der Waals surface area contributed by atoms with Gasteiger partial charge in [-0.25, -0.2) is 13.4 Å². The molecule has 0 unspecified atom stereocenters. The quantitative estimate of drug-likeness (QED) is 0.877. The zero-order valence-electron chi connectivity index (χ0n) is 11.7. The number of pyridine rings is 1. The van der Waals surface area contributed by atoms with E-state index in [1.54, 1.807) is 31.2 Å². The number of benzene rings is 1. The molecule has 0 aliphatic carbocycles. The molecule has 6 nitrogen and oxygen atoms in total. The first-order valence-corrected chi connectivity index (χ1v) is 7.69. The minimum absolute atomic E-state index is 0.0428. The molecule has 0 saturated heterocycles. The lowest BCUT2D eigenvalue weighted by Crippen LogP contribution is -2.15. The summed E-state index contributed by atoms with van der Waals surface area (Å²) >= 11 is 0. The maximum absolute atomic E-state index is 12.4. The Morgan fingerprint density at radius 2 is 2.05 bits per heavy atom. The van der Waals surface area contributed by atoms with Crippen LogP contribution >= 0.6 is 0 Å². The van der Waals surface area contributed by atoms with Crippen LogP contribution in [0.5, 0.6) is 5.75 Å². The first-order valence-electron chi connectivity index (χ1n) is 6.20. The van der Waals surface area contributed by atoms with E-state index in [2.05, 4.69) is 9.71 Å². The molecule has 2 N–H and O–H groups in total. The molecule has 112 valence electrons. The van der Waals surface area contributed by atoms with E-state index in [9.17, 15) is 8.42 Å². The monoisotopic (exact) mass is 308 g/mol. The fraction of sp³-hybridized carbons (Fsp3) is 0.214. The van der Waals surface area contributed by atoms with Crippen LogP contribution in [0.1, 0.15) is 11.3 Å². The van der Waals surface area contributed by atoms with E-state index in [4.69, 9.17) is 9.84 Å². The number of hydrogen-bond donors (Lipinski definition) is 2. The standard InChI is InChI=1S/C14H16N2O4S/c1-10-6-7-12(20-2)13(8-10)21(18,19)16-14-5-3-4-11(9-17)15-14/h3-8,17H,9H2,1-2H3,(H,15,16). The predicted molar refractivity (Wildman–Crippen MR) is 78.7 cm³/mol. The van der Waals surface area contributed by atoms with Gasteiger partial charge in [0.2, 0.25) is 0 Å². The van der Waals surface area contributed by atoms with E-state index < -0.39 is 10.0 Å². The highest BCUT2D eigenvalue weighted by molar-refractivity contribution is 7.92. The van der Waals surface area contributed by atoms with Gasteiger partial charge in [0.05, 0.1) is 19.4 Å².